The first-order valence-corrected chi connectivity index (χ1v) is 8.33. The number of ether oxygens (including phenoxy) is 1. The van der Waals surface area contributed by atoms with Crippen LogP contribution >= 0.6 is 0 Å². The molecule has 3 N–H and O–H groups in total. The second kappa shape index (κ2) is 4.62. The van der Waals surface area contributed by atoms with Crippen LogP contribution in [0.25, 0.3) is 0 Å². The van der Waals surface area contributed by atoms with Crippen molar-refractivity contribution in [2.24, 2.45) is 29.4 Å². The third-order valence-electron chi connectivity index (χ3n) is 6.20. The van der Waals surface area contributed by atoms with Crippen molar-refractivity contribution in [1.29, 1.82) is 0 Å². The zero-order chi connectivity index (χ0) is 13.7. The highest BCUT2D eigenvalue weighted by Crippen LogP contribution is 2.55. The Hall–Kier alpha value is -0.770. The molecule has 4 heteroatoms. The minimum absolute atomic E-state index is 0.0723. The van der Waals surface area contributed by atoms with Crippen LogP contribution in [0, 0.1) is 23.7 Å². The van der Waals surface area contributed by atoms with Gasteiger partial charge < -0.3 is 15.8 Å². The van der Waals surface area contributed by atoms with Crippen molar-refractivity contribution >= 4 is 6.09 Å². The van der Waals surface area contributed by atoms with Gasteiger partial charge in [-0.25, -0.2) is 4.79 Å². The number of alkyl carbamates (subject to hydrolysis) is 1. The van der Waals surface area contributed by atoms with E-state index in [-0.39, 0.29) is 17.7 Å². The predicted octanol–water partition coefficient (Wildman–Crippen LogP) is 2.42. The molecule has 112 valence electrons. The fourth-order valence-corrected chi connectivity index (χ4v) is 5.62. The molecule has 5 fully saturated rings. The maximum atomic E-state index is 12.2. The summed E-state index contributed by atoms with van der Waals surface area (Å²) < 4.78 is 5.55. The van der Waals surface area contributed by atoms with Crippen molar-refractivity contribution < 1.29 is 9.53 Å². The second-order valence-corrected chi connectivity index (χ2v) is 7.92. The molecule has 0 heterocycles. The summed E-state index contributed by atoms with van der Waals surface area (Å²) in [6, 6.07) is 0. The lowest BCUT2D eigenvalue weighted by Crippen LogP contribution is -2.60. The van der Waals surface area contributed by atoms with Gasteiger partial charge in [-0.2, -0.15) is 0 Å². The summed E-state index contributed by atoms with van der Waals surface area (Å²) in [4.78, 5) is 12.2. The maximum absolute atomic E-state index is 12.2. The third kappa shape index (κ3) is 2.22. The molecule has 0 saturated heterocycles. The normalized spacial score (nSPS) is 48.8. The predicted molar refractivity (Wildman–Crippen MR) is 76.1 cm³/mol. The SMILES string of the molecule is NCC1CC(OC(=O)NC23CC4CC(CC(C4)C2)C3)C1. The van der Waals surface area contributed by atoms with Gasteiger partial charge >= 0.3 is 6.09 Å². The Balaban J connectivity index is 1.33. The van der Waals surface area contributed by atoms with E-state index in [4.69, 9.17) is 10.5 Å². The number of hydrogen-bond donors (Lipinski definition) is 2. The number of rotatable bonds is 3. The fourth-order valence-electron chi connectivity index (χ4n) is 5.62. The molecule has 0 spiro atoms. The molecular formula is C16H26N2O2. The van der Waals surface area contributed by atoms with Crippen molar-refractivity contribution in [1.82, 2.24) is 5.32 Å². The number of carbonyl (C=O) groups is 1. The Morgan fingerprint density at radius 1 is 1.05 bits per heavy atom. The van der Waals surface area contributed by atoms with E-state index in [1.807, 2.05) is 0 Å². The van der Waals surface area contributed by atoms with Crippen LogP contribution in [0.2, 0.25) is 0 Å². The molecule has 4 bridgehead atoms. The molecule has 0 aromatic rings. The zero-order valence-electron chi connectivity index (χ0n) is 12.1. The highest BCUT2D eigenvalue weighted by atomic mass is 16.6. The van der Waals surface area contributed by atoms with Gasteiger partial charge in [-0.15, -0.1) is 0 Å². The van der Waals surface area contributed by atoms with Crippen LogP contribution < -0.4 is 11.1 Å². The fraction of sp³-hybridized carbons (Fsp3) is 0.938. The molecule has 0 atom stereocenters. The van der Waals surface area contributed by atoms with Crippen molar-refractivity contribution in [2.45, 2.75) is 63.0 Å². The molecule has 0 aromatic heterocycles. The van der Waals surface area contributed by atoms with Gasteiger partial charge in [-0.1, -0.05) is 0 Å². The van der Waals surface area contributed by atoms with E-state index in [1.165, 1.54) is 38.5 Å². The molecule has 5 saturated carbocycles. The molecule has 5 aliphatic carbocycles. The molecule has 20 heavy (non-hydrogen) atoms. The van der Waals surface area contributed by atoms with Crippen LogP contribution in [0.5, 0.6) is 0 Å². The van der Waals surface area contributed by atoms with E-state index in [0.29, 0.717) is 5.92 Å². The van der Waals surface area contributed by atoms with Gasteiger partial charge in [0.2, 0.25) is 0 Å². The molecule has 0 aliphatic heterocycles. The van der Waals surface area contributed by atoms with Crippen LogP contribution in [0.15, 0.2) is 0 Å². The first-order valence-electron chi connectivity index (χ1n) is 8.33. The monoisotopic (exact) mass is 278 g/mol. The standard InChI is InChI=1S/C16H26N2O2/c17-9-13-4-14(5-13)20-15(19)18-16-6-10-1-11(7-16)3-12(2-10)8-16/h10-14H,1-9,17H2,(H,18,19). The maximum Gasteiger partial charge on any atom is 0.407 e. The van der Waals surface area contributed by atoms with Gasteiger partial charge in [0.25, 0.3) is 0 Å². The summed E-state index contributed by atoms with van der Waals surface area (Å²) >= 11 is 0. The molecular weight excluding hydrogens is 252 g/mol. The average Bonchev–Trinajstić information content (AvgIpc) is 2.30. The number of amides is 1. The van der Waals surface area contributed by atoms with Gasteiger partial charge in [-0.3, -0.25) is 0 Å². The summed E-state index contributed by atoms with van der Waals surface area (Å²) in [5, 5.41) is 3.26. The zero-order valence-corrected chi connectivity index (χ0v) is 12.1. The van der Waals surface area contributed by atoms with E-state index in [1.54, 1.807) is 0 Å². The highest BCUT2D eigenvalue weighted by molar-refractivity contribution is 5.68. The Bertz CT molecular complexity index is 368. The summed E-state index contributed by atoms with van der Waals surface area (Å²) in [5.74, 6) is 3.12. The molecule has 0 radical (unpaired) electrons. The first kappa shape index (κ1) is 12.9. The third-order valence-corrected chi connectivity index (χ3v) is 6.20. The Morgan fingerprint density at radius 3 is 2.10 bits per heavy atom. The Labute approximate surface area is 120 Å². The van der Waals surface area contributed by atoms with Crippen molar-refractivity contribution in [3.8, 4) is 0 Å². The van der Waals surface area contributed by atoms with E-state index in [9.17, 15) is 4.79 Å². The largest absolute Gasteiger partial charge is 0.446 e. The average molecular weight is 278 g/mol. The topological polar surface area (TPSA) is 64.3 Å². The first-order chi connectivity index (χ1) is 9.64. The van der Waals surface area contributed by atoms with Crippen LogP contribution in [0.3, 0.4) is 0 Å². The number of nitrogens with one attached hydrogen (secondary N) is 1. The van der Waals surface area contributed by atoms with Gasteiger partial charge in [0, 0.05) is 5.54 Å². The van der Waals surface area contributed by atoms with Crippen molar-refractivity contribution in [2.75, 3.05) is 6.54 Å². The summed E-state index contributed by atoms with van der Waals surface area (Å²) in [5.41, 5.74) is 5.68. The van der Waals surface area contributed by atoms with Gasteiger partial charge in [-0.05, 0) is 81.6 Å². The molecule has 5 aliphatic rings. The van der Waals surface area contributed by atoms with Gasteiger partial charge in [0.15, 0.2) is 0 Å². The van der Waals surface area contributed by atoms with Crippen LogP contribution in [-0.4, -0.2) is 24.3 Å². The van der Waals surface area contributed by atoms with E-state index in [2.05, 4.69) is 5.32 Å². The Kier molecular flexibility index (Phi) is 2.99. The lowest BCUT2D eigenvalue weighted by molar-refractivity contribution is -0.0306. The van der Waals surface area contributed by atoms with Crippen LogP contribution in [0.4, 0.5) is 4.79 Å². The van der Waals surface area contributed by atoms with E-state index < -0.39 is 0 Å². The number of nitrogens with two attached hydrogens (primary N) is 1. The summed E-state index contributed by atoms with van der Waals surface area (Å²) in [6.07, 6.45) is 9.59. The lowest BCUT2D eigenvalue weighted by atomic mass is 9.53. The molecule has 5 rings (SSSR count). The minimum Gasteiger partial charge on any atom is -0.446 e. The number of hydrogen-bond acceptors (Lipinski definition) is 3. The summed E-state index contributed by atoms with van der Waals surface area (Å²) in [7, 11) is 0. The molecule has 0 aromatic carbocycles. The van der Waals surface area contributed by atoms with E-state index >= 15 is 0 Å². The van der Waals surface area contributed by atoms with Crippen LogP contribution in [-0.2, 0) is 4.74 Å². The summed E-state index contributed by atoms with van der Waals surface area (Å²) in [6.45, 7) is 0.719. The van der Waals surface area contributed by atoms with Crippen LogP contribution in [0.1, 0.15) is 51.4 Å². The second-order valence-electron chi connectivity index (χ2n) is 7.92. The minimum atomic E-state index is -0.174. The van der Waals surface area contributed by atoms with E-state index in [0.717, 1.165) is 37.1 Å². The van der Waals surface area contributed by atoms with Gasteiger partial charge in [0.1, 0.15) is 6.10 Å². The molecule has 4 nitrogen and oxygen atoms in total. The molecule has 1 amide bonds. The van der Waals surface area contributed by atoms with Crippen molar-refractivity contribution in [3.63, 3.8) is 0 Å². The quantitative estimate of drug-likeness (QED) is 0.833. The van der Waals surface area contributed by atoms with Gasteiger partial charge in [0.05, 0.1) is 0 Å². The number of carbonyl (C=O) groups excluding carboxylic acids is 1. The molecule has 0 unspecified atom stereocenters. The lowest BCUT2D eigenvalue weighted by Gasteiger charge is -2.56. The smallest absolute Gasteiger partial charge is 0.407 e. The highest BCUT2D eigenvalue weighted by Gasteiger charge is 2.52. The van der Waals surface area contributed by atoms with Crippen molar-refractivity contribution in [3.05, 3.63) is 0 Å². The Morgan fingerprint density at radius 2 is 1.60 bits per heavy atom.